The molecule has 3 aromatic carbocycles. The predicted octanol–water partition coefficient (Wildman–Crippen LogP) is 6.65. The quantitative estimate of drug-likeness (QED) is 0.245. The standard InChI is InChI=1S/C29H30BrClF3N3O4S/c1-4-19(2)35-28(39)20(3)36(17-21-10-13-23(30)14-11-21)27(38)18-37(42(40,41)24-8-6-5-7-9-24)26-16-22(29(32,33)34)12-15-25(26)31/h5-16,19-20H,4,17-18H2,1-3H3,(H,35,39)/t19-,20+/m0/s1. The van der Waals surface area contributed by atoms with Crippen molar-refractivity contribution < 1.29 is 31.2 Å². The van der Waals surface area contributed by atoms with Crippen molar-refractivity contribution in [1.29, 1.82) is 0 Å². The minimum atomic E-state index is -4.80. The number of amides is 2. The second-order valence-corrected chi connectivity index (χ2v) is 12.8. The molecule has 0 radical (unpaired) electrons. The van der Waals surface area contributed by atoms with E-state index in [2.05, 4.69) is 21.2 Å². The maximum atomic E-state index is 13.9. The van der Waals surface area contributed by atoms with Gasteiger partial charge in [-0.05, 0) is 68.3 Å². The van der Waals surface area contributed by atoms with Crippen molar-refractivity contribution in [3.63, 3.8) is 0 Å². The van der Waals surface area contributed by atoms with Gasteiger partial charge in [0.25, 0.3) is 10.0 Å². The molecule has 226 valence electrons. The number of halogens is 5. The summed E-state index contributed by atoms with van der Waals surface area (Å²) in [6.45, 7) is 4.19. The van der Waals surface area contributed by atoms with Crippen molar-refractivity contribution in [3.05, 3.63) is 93.4 Å². The van der Waals surface area contributed by atoms with E-state index in [1.807, 2.05) is 6.92 Å². The van der Waals surface area contributed by atoms with Crippen LogP contribution in [0.15, 0.2) is 82.2 Å². The Morgan fingerprint density at radius 3 is 2.19 bits per heavy atom. The first-order valence-electron chi connectivity index (χ1n) is 12.9. The van der Waals surface area contributed by atoms with Gasteiger partial charge in [-0.15, -0.1) is 0 Å². The van der Waals surface area contributed by atoms with E-state index in [1.165, 1.54) is 36.1 Å². The Bertz CT molecular complexity index is 1510. The maximum Gasteiger partial charge on any atom is 0.416 e. The third kappa shape index (κ3) is 8.26. The van der Waals surface area contributed by atoms with Crippen LogP contribution in [0, 0.1) is 0 Å². The van der Waals surface area contributed by atoms with Crippen molar-refractivity contribution in [1.82, 2.24) is 10.2 Å². The largest absolute Gasteiger partial charge is 0.416 e. The summed E-state index contributed by atoms with van der Waals surface area (Å²) in [5.41, 5.74) is -1.02. The Hall–Kier alpha value is -3.09. The van der Waals surface area contributed by atoms with Crippen LogP contribution in [0.1, 0.15) is 38.3 Å². The van der Waals surface area contributed by atoms with Crippen LogP contribution >= 0.6 is 27.5 Å². The van der Waals surface area contributed by atoms with Gasteiger partial charge in [0.2, 0.25) is 11.8 Å². The summed E-state index contributed by atoms with van der Waals surface area (Å²) in [5.74, 6) is -1.29. The summed E-state index contributed by atoms with van der Waals surface area (Å²) in [7, 11) is -4.59. The lowest BCUT2D eigenvalue weighted by molar-refractivity contribution is -0.139. The topological polar surface area (TPSA) is 86.8 Å². The third-order valence-electron chi connectivity index (χ3n) is 6.59. The second kappa shape index (κ2) is 13.9. The number of sulfonamides is 1. The minimum Gasteiger partial charge on any atom is -0.352 e. The van der Waals surface area contributed by atoms with Crippen LogP contribution in [0.2, 0.25) is 5.02 Å². The maximum absolute atomic E-state index is 13.9. The predicted molar refractivity (Wildman–Crippen MR) is 159 cm³/mol. The molecule has 13 heteroatoms. The molecule has 0 aliphatic carbocycles. The molecule has 0 bridgehead atoms. The average Bonchev–Trinajstić information content (AvgIpc) is 2.95. The van der Waals surface area contributed by atoms with Crippen LogP contribution in [0.3, 0.4) is 0 Å². The van der Waals surface area contributed by atoms with Gasteiger partial charge in [-0.25, -0.2) is 8.42 Å². The van der Waals surface area contributed by atoms with Gasteiger partial charge in [-0.1, -0.05) is 64.8 Å². The fraction of sp³-hybridized carbons (Fsp3) is 0.310. The molecule has 0 aliphatic heterocycles. The Kier molecular flexibility index (Phi) is 11.1. The highest BCUT2D eigenvalue weighted by Gasteiger charge is 2.36. The van der Waals surface area contributed by atoms with Gasteiger partial charge in [-0.2, -0.15) is 13.2 Å². The number of nitrogens with zero attached hydrogens (tertiary/aromatic N) is 2. The molecule has 7 nitrogen and oxygen atoms in total. The lowest BCUT2D eigenvalue weighted by atomic mass is 10.1. The van der Waals surface area contributed by atoms with Gasteiger partial charge in [0.15, 0.2) is 0 Å². The Labute approximate surface area is 256 Å². The van der Waals surface area contributed by atoms with Gasteiger partial charge in [0, 0.05) is 17.1 Å². The summed E-state index contributed by atoms with van der Waals surface area (Å²) in [4.78, 5) is 28.0. The highest BCUT2D eigenvalue weighted by Crippen LogP contribution is 2.37. The molecule has 0 fully saturated rings. The number of benzene rings is 3. The lowest BCUT2D eigenvalue weighted by Crippen LogP contribution is -2.52. The van der Waals surface area contributed by atoms with Crippen LogP contribution in [0.25, 0.3) is 0 Å². The molecule has 0 spiro atoms. The van der Waals surface area contributed by atoms with Crippen molar-refractivity contribution in [3.8, 4) is 0 Å². The van der Waals surface area contributed by atoms with Crippen molar-refractivity contribution >= 4 is 55.1 Å². The van der Waals surface area contributed by atoms with Crippen LogP contribution in [-0.2, 0) is 32.3 Å². The monoisotopic (exact) mass is 687 g/mol. The average molecular weight is 689 g/mol. The van der Waals surface area contributed by atoms with Crippen LogP contribution < -0.4 is 9.62 Å². The Balaban J connectivity index is 2.11. The molecule has 0 aromatic heterocycles. The molecule has 0 unspecified atom stereocenters. The summed E-state index contributed by atoms with van der Waals surface area (Å²) >= 11 is 9.61. The van der Waals surface area contributed by atoms with E-state index in [1.54, 1.807) is 37.3 Å². The van der Waals surface area contributed by atoms with E-state index in [0.29, 0.717) is 22.4 Å². The molecule has 3 rings (SSSR count). The normalized spacial score (nSPS) is 13.2. The zero-order valence-corrected chi connectivity index (χ0v) is 26.2. The Morgan fingerprint density at radius 1 is 1.00 bits per heavy atom. The molecular formula is C29H30BrClF3N3O4S. The minimum absolute atomic E-state index is 0.0727. The van der Waals surface area contributed by atoms with E-state index >= 15 is 0 Å². The van der Waals surface area contributed by atoms with Crippen LogP contribution in [-0.4, -0.2) is 43.8 Å². The van der Waals surface area contributed by atoms with Crippen LogP contribution in [0.4, 0.5) is 18.9 Å². The molecule has 42 heavy (non-hydrogen) atoms. The zero-order valence-electron chi connectivity index (χ0n) is 23.0. The third-order valence-corrected chi connectivity index (χ3v) is 9.21. The molecule has 1 N–H and O–H groups in total. The highest BCUT2D eigenvalue weighted by molar-refractivity contribution is 9.10. The second-order valence-electron chi connectivity index (χ2n) is 9.63. The number of hydrogen-bond donors (Lipinski definition) is 1. The summed E-state index contributed by atoms with van der Waals surface area (Å²) < 4.78 is 69.9. The molecule has 2 atom stereocenters. The molecule has 0 aliphatic rings. The van der Waals surface area contributed by atoms with Crippen molar-refractivity contribution in [2.24, 2.45) is 0 Å². The van der Waals surface area contributed by atoms with Crippen LogP contribution in [0.5, 0.6) is 0 Å². The number of alkyl halides is 3. The Morgan fingerprint density at radius 2 is 1.62 bits per heavy atom. The van der Waals surface area contributed by atoms with E-state index in [0.717, 1.165) is 16.6 Å². The molecule has 3 aromatic rings. The molecule has 2 amide bonds. The fourth-order valence-electron chi connectivity index (χ4n) is 3.95. The fourth-order valence-corrected chi connectivity index (χ4v) is 5.93. The van der Waals surface area contributed by atoms with Gasteiger partial charge >= 0.3 is 6.18 Å². The molecule has 0 saturated heterocycles. The molecule has 0 saturated carbocycles. The van der Waals surface area contributed by atoms with Crippen molar-refractivity contribution in [2.45, 2.75) is 56.9 Å². The first kappa shape index (κ1) is 33.4. The zero-order chi connectivity index (χ0) is 31.2. The van der Waals surface area contributed by atoms with Gasteiger partial charge in [0.05, 0.1) is 21.2 Å². The number of hydrogen-bond acceptors (Lipinski definition) is 4. The van der Waals surface area contributed by atoms with Gasteiger partial charge < -0.3 is 10.2 Å². The van der Waals surface area contributed by atoms with E-state index < -0.39 is 51.9 Å². The summed E-state index contributed by atoms with van der Waals surface area (Å²) in [5, 5.41) is 2.51. The van der Waals surface area contributed by atoms with Crippen molar-refractivity contribution in [2.75, 3.05) is 10.8 Å². The van der Waals surface area contributed by atoms with E-state index in [4.69, 9.17) is 11.6 Å². The first-order chi connectivity index (χ1) is 19.6. The number of carbonyl (C=O) groups is 2. The number of nitrogens with one attached hydrogen (secondary N) is 1. The van der Waals surface area contributed by atoms with E-state index in [9.17, 15) is 31.2 Å². The first-order valence-corrected chi connectivity index (χ1v) is 15.5. The SMILES string of the molecule is CC[C@H](C)NC(=O)[C@@H](C)N(Cc1ccc(Br)cc1)C(=O)CN(c1cc(C(F)(F)F)ccc1Cl)S(=O)(=O)c1ccccc1. The smallest absolute Gasteiger partial charge is 0.352 e. The summed E-state index contributed by atoms with van der Waals surface area (Å²) in [6, 6.07) is 14.9. The number of carbonyl (C=O) groups excluding carboxylic acids is 2. The van der Waals surface area contributed by atoms with E-state index in [-0.39, 0.29) is 22.5 Å². The number of rotatable bonds is 11. The molecular weight excluding hydrogens is 659 g/mol. The molecule has 0 heterocycles. The lowest BCUT2D eigenvalue weighted by Gasteiger charge is -2.33. The van der Waals surface area contributed by atoms with Gasteiger partial charge in [-0.3, -0.25) is 13.9 Å². The number of anilines is 1. The van der Waals surface area contributed by atoms with Gasteiger partial charge in [0.1, 0.15) is 12.6 Å². The highest BCUT2D eigenvalue weighted by atomic mass is 79.9. The summed E-state index contributed by atoms with van der Waals surface area (Å²) in [6.07, 6.45) is -4.17.